The van der Waals surface area contributed by atoms with Crippen LogP contribution < -0.4 is 63.4 Å². The first-order chi connectivity index (χ1) is 63.3. The summed E-state index contributed by atoms with van der Waals surface area (Å²) in [5, 5.41) is 58.2. The molecule has 5 saturated heterocycles. The Morgan fingerprint density at radius 1 is 0.435 bits per heavy atom. The van der Waals surface area contributed by atoms with Gasteiger partial charge in [-0.15, -0.1) is 0 Å². The number of nitriles is 1. The van der Waals surface area contributed by atoms with Crippen LogP contribution in [0.5, 0.6) is 0 Å². The van der Waals surface area contributed by atoms with Gasteiger partial charge >= 0.3 is 0 Å². The summed E-state index contributed by atoms with van der Waals surface area (Å²) in [5.74, 6) is -3.35. The zero-order valence-corrected chi connectivity index (χ0v) is 70.3. The molecule has 0 unspecified atom stereocenters. The molecule has 5 aromatic carbocycles. The number of hydrogen-bond donors (Lipinski definition) is 11. The number of amides is 8. The maximum atomic E-state index is 14.2. The van der Waals surface area contributed by atoms with Crippen molar-refractivity contribution in [2.45, 2.75) is 127 Å². The second kappa shape index (κ2) is 36.6. The maximum Gasteiger partial charge on any atom is 0.254 e. The van der Waals surface area contributed by atoms with Crippen molar-refractivity contribution in [2.75, 3.05) is 55.2 Å². The number of nitrogens with zero attached hydrogens (tertiary/aromatic N) is 18. The molecule has 13 aromatic rings. The van der Waals surface area contributed by atoms with Crippen molar-refractivity contribution in [1.29, 1.82) is 5.26 Å². The predicted octanol–water partition coefficient (Wildman–Crippen LogP) is 11.8. The van der Waals surface area contributed by atoms with Gasteiger partial charge in [0.05, 0.1) is 73.5 Å². The van der Waals surface area contributed by atoms with Crippen LogP contribution in [0, 0.1) is 29.9 Å². The lowest BCUT2D eigenvalue weighted by Crippen LogP contribution is -2.34. The molecule has 3 saturated carbocycles. The molecule has 662 valence electrons. The van der Waals surface area contributed by atoms with E-state index in [1.54, 1.807) is 53.3 Å². The number of carbonyl (C=O) groups excluding carboxylic acids is 8. The van der Waals surface area contributed by atoms with Gasteiger partial charge in [-0.3, -0.25) is 59.6 Å². The van der Waals surface area contributed by atoms with Crippen molar-refractivity contribution in [3.63, 3.8) is 0 Å². The van der Waals surface area contributed by atoms with E-state index in [4.69, 9.17) is 21.6 Å². The molecule has 11 N–H and O–H groups in total. The summed E-state index contributed by atoms with van der Waals surface area (Å²) in [6.45, 7) is 3.37. The van der Waals surface area contributed by atoms with Crippen molar-refractivity contribution < 1.29 is 55.9 Å². The Hall–Kier alpha value is -16.3. The largest absolute Gasteiger partial charge is 0.351 e. The Morgan fingerprint density at radius 3 is 1.27 bits per heavy atom. The molecule has 0 bridgehead atoms. The Labute approximate surface area is 745 Å². The van der Waals surface area contributed by atoms with Crippen molar-refractivity contribution in [3.05, 3.63) is 224 Å². The van der Waals surface area contributed by atoms with Gasteiger partial charge in [0.2, 0.25) is 77.1 Å². The normalized spacial score (nSPS) is 18.0. The maximum absolute atomic E-state index is 14.2. The van der Waals surface area contributed by atoms with Gasteiger partial charge in [0, 0.05) is 105 Å². The highest BCUT2D eigenvalue weighted by atomic mass is 35.5. The number of hydrogen-bond acceptors (Lipinski definition) is 29. The SMILES string of the molecule is Cc1ccc(F)c(Nc2nc(NC3CC3)n3ncc(/C=C4\CC(=O)NC4=O)c3n2)c1.N#Cc1cccc(C2CCN(c3nc(Nc4ccccc4)n4ncc(/C=C5\CC(=O)NC5=O)c4n3)CC2)c1.O=C1C/C(=C\c2cnn3c(NC4CC4)nc(Nc4cc(Cl)ccc4F)nc23)C(=O)N1.O=C1C/C(=C\c2cnn3c(Nc4ccccc4)nc(NC4CCC(F)(F)CC4)nc23)C(=O)N1. The Bertz CT molecular complexity index is 6770. The van der Waals surface area contributed by atoms with Crippen LogP contribution in [0.2, 0.25) is 5.02 Å². The van der Waals surface area contributed by atoms with Crippen LogP contribution in [0.1, 0.15) is 135 Å². The lowest BCUT2D eigenvalue weighted by atomic mass is 9.89. The first-order valence-electron chi connectivity index (χ1n) is 41.9. The monoisotopic (exact) mass is 1790 g/mol. The second-order valence-corrected chi connectivity index (χ2v) is 32.6. The van der Waals surface area contributed by atoms with Crippen molar-refractivity contribution in [2.24, 2.45) is 0 Å². The Morgan fingerprint density at radius 2 is 0.840 bits per heavy atom. The Kier molecular flexibility index (Phi) is 23.9. The lowest BCUT2D eigenvalue weighted by Gasteiger charge is -2.32. The zero-order chi connectivity index (χ0) is 90.7. The number of piperidine rings is 1. The number of fused-ring (bicyclic) bond motifs is 4. The number of carbonyl (C=O) groups is 8. The number of nitrogens with one attached hydrogen (secondary N) is 11. The van der Waals surface area contributed by atoms with Gasteiger partial charge in [0.15, 0.2) is 22.6 Å². The van der Waals surface area contributed by atoms with E-state index in [0.717, 1.165) is 68.6 Å². The highest BCUT2D eigenvalue weighted by Crippen LogP contribution is 2.38. The fourth-order valence-electron chi connectivity index (χ4n) is 15.2. The van der Waals surface area contributed by atoms with Gasteiger partial charge < -0.3 is 42.1 Å². The number of rotatable bonds is 20. The third-order valence-corrected chi connectivity index (χ3v) is 22.4. The van der Waals surface area contributed by atoms with E-state index in [1.165, 1.54) is 55.8 Å². The van der Waals surface area contributed by atoms with Crippen molar-refractivity contribution in [1.82, 2.24) is 99.6 Å². The number of halogens is 5. The molecule has 8 fully saturated rings. The third-order valence-electron chi connectivity index (χ3n) is 22.2. The lowest BCUT2D eigenvalue weighted by molar-refractivity contribution is -0.125. The minimum absolute atomic E-state index is 0.00668. The molecule has 8 amide bonds. The molecule has 0 spiro atoms. The summed E-state index contributed by atoms with van der Waals surface area (Å²) < 4.78 is 61.6. The molecule has 13 heterocycles. The van der Waals surface area contributed by atoms with Crippen LogP contribution in [0.4, 0.5) is 87.9 Å². The number of imide groups is 4. The molecular formula is C89H78ClF4N29O8. The summed E-state index contributed by atoms with van der Waals surface area (Å²) >= 11 is 5.97. The van der Waals surface area contributed by atoms with E-state index in [1.807, 2.05) is 85.8 Å². The topological polar surface area (TPSA) is 468 Å². The van der Waals surface area contributed by atoms with E-state index in [-0.39, 0.29) is 103 Å². The van der Waals surface area contributed by atoms with E-state index in [9.17, 15) is 61.2 Å². The number of anilines is 12. The minimum Gasteiger partial charge on any atom is -0.351 e. The van der Waals surface area contributed by atoms with Crippen LogP contribution in [0.25, 0.3) is 46.9 Å². The molecule has 8 aromatic heterocycles. The summed E-state index contributed by atoms with van der Waals surface area (Å²) in [4.78, 5) is 133. The molecule has 5 aliphatic heterocycles. The quantitative estimate of drug-likeness (QED) is 0.0192. The predicted molar refractivity (Wildman–Crippen MR) is 474 cm³/mol. The molecular weight excluding hydrogens is 1710 g/mol. The highest BCUT2D eigenvalue weighted by Gasteiger charge is 2.37. The molecule has 37 nitrogen and oxygen atoms in total. The van der Waals surface area contributed by atoms with E-state index < -0.39 is 41.2 Å². The molecule has 42 heteroatoms. The fourth-order valence-corrected chi connectivity index (χ4v) is 15.4. The van der Waals surface area contributed by atoms with E-state index >= 15 is 0 Å². The summed E-state index contributed by atoms with van der Waals surface area (Å²) in [6.07, 6.45) is 18.8. The van der Waals surface area contributed by atoms with E-state index in [0.29, 0.717) is 132 Å². The zero-order valence-electron chi connectivity index (χ0n) is 69.5. The average molecular weight is 1790 g/mol. The third kappa shape index (κ3) is 20.1. The Balaban J connectivity index is 0.000000118. The van der Waals surface area contributed by atoms with Gasteiger partial charge in [-0.1, -0.05) is 66.2 Å². The smallest absolute Gasteiger partial charge is 0.254 e. The van der Waals surface area contributed by atoms with Crippen molar-refractivity contribution in [3.8, 4) is 6.07 Å². The van der Waals surface area contributed by atoms with Gasteiger partial charge in [-0.2, -0.15) is 83.6 Å². The van der Waals surface area contributed by atoms with Crippen LogP contribution in [0.3, 0.4) is 0 Å². The summed E-state index contributed by atoms with van der Waals surface area (Å²) in [7, 11) is 0. The number of benzene rings is 5. The number of para-hydroxylation sites is 2. The molecule has 131 heavy (non-hydrogen) atoms. The van der Waals surface area contributed by atoms with Gasteiger partial charge in [0.25, 0.3) is 23.6 Å². The van der Waals surface area contributed by atoms with Crippen LogP contribution in [-0.4, -0.2) is 163 Å². The first-order valence-corrected chi connectivity index (χ1v) is 42.3. The molecule has 0 radical (unpaired) electrons. The van der Waals surface area contributed by atoms with Crippen LogP contribution in [-0.2, 0) is 38.4 Å². The fraction of sp³-hybridized carbons (Fsp3) is 0.247. The molecule has 0 atom stereocenters. The second-order valence-electron chi connectivity index (χ2n) is 32.1. The number of aryl methyl sites for hydroxylation is 1. The summed E-state index contributed by atoms with van der Waals surface area (Å²) in [6, 6.07) is 38.4. The van der Waals surface area contributed by atoms with Gasteiger partial charge in [-0.05, 0) is 166 Å². The van der Waals surface area contributed by atoms with Crippen LogP contribution in [0.15, 0.2) is 168 Å². The van der Waals surface area contributed by atoms with Crippen molar-refractivity contribution >= 4 is 176 Å². The number of aromatic nitrogens is 16. The standard InChI is InChI=1S/C28H24N8O2.C22H21F2N7O2.C20H18FN7O2.C19H15ClFN7O2/c29-16-18-5-4-6-20(13-18)19-9-11-35(12-10-19)27-33-25-22(14-21-15-24(37)32-26(21)38)17-30-36(25)28(34-27)31-23-7-2-1-3-8-23;23-22(24)8-6-16(7-9-22)26-20-29-18-14(10-13-11-17(32)28-19(13)33)12-25-31(18)21(30-20)27-15-4-2-1-3-5-15;1-10-2-5-14(21)15(6-10)24-19-26-17-12(7-11-8-16(29)25-18(11)30)9-22-28(17)20(27-19)23-13-3-4-13;20-11-1-4-13(21)14(7-11)24-18-26-16-10(5-9-6-15(29)25-17(9)30)8-22-28(16)19(27-18)23-12-2-3-12/h1-8,13-14,17,19H,9-12,15H2,(H,31,33,34)(H,32,37,38);1-5,10,12,16H,6-9,11H2,(H,28,32,33)(H2,26,27,29,30);2,5-7,9,13H,3-4,8H2,1H3,(H,25,29,30)(H2,23,24,26,27);1,4-5,7-8,12H,2-3,6H2,(H,25,29,30)(H2,23,24,26,27)/b21-14+;13-10+;11-7+;9-5+. The minimum atomic E-state index is -2.63. The van der Waals surface area contributed by atoms with Crippen LogP contribution >= 0.6 is 11.6 Å². The van der Waals surface area contributed by atoms with Gasteiger partial charge in [-0.25, -0.2) is 17.6 Å². The van der Waals surface area contributed by atoms with Gasteiger partial charge in [0.1, 0.15) is 11.6 Å². The highest BCUT2D eigenvalue weighted by molar-refractivity contribution is 6.31. The summed E-state index contributed by atoms with van der Waals surface area (Å²) in [5.41, 5.74) is 10.2. The first kappa shape index (κ1) is 85.5. The molecule has 3 aliphatic carbocycles. The molecule has 21 rings (SSSR count). The molecule has 8 aliphatic rings. The van der Waals surface area contributed by atoms with E-state index in [2.05, 4.69) is 126 Å². The average Bonchev–Trinajstić information content (AvgIpc) is 1.69. The number of alkyl halides is 2.